The van der Waals surface area contributed by atoms with Gasteiger partial charge in [0.15, 0.2) is 5.82 Å². The third-order valence-electron chi connectivity index (χ3n) is 4.33. The third kappa shape index (κ3) is 4.56. The Bertz CT molecular complexity index is 735. The van der Waals surface area contributed by atoms with Crippen LogP contribution >= 0.6 is 11.6 Å². The van der Waals surface area contributed by atoms with Crippen molar-refractivity contribution in [3.05, 3.63) is 46.6 Å². The summed E-state index contributed by atoms with van der Waals surface area (Å²) in [5.41, 5.74) is 6.42. The molecule has 1 atom stereocenters. The van der Waals surface area contributed by atoms with Crippen molar-refractivity contribution in [2.45, 2.75) is 32.5 Å². The van der Waals surface area contributed by atoms with E-state index < -0.39 is 0 Å². The highest BCUT2D eigenvalue weighted by Crippen LogP contribution is 2.16. The van der Waals surface area contributed by atoms with Gasteiger partial charge in [-0.3, -0.25) is 9.69 Å². The number of halogens is 1. The van der Waals surface area contributed by atoms with E-state index in [2.05, 4.69) is 22.0 Å². The molecule has 2 heterocycles. The van der Waals surface area contributed by atoms with Crippen LogP contribution in [0.2, 0.25) is 5.02 Å². The Labute approximate surface area is 151 Å². The molecule has 3 rings (SSSR count). The second-order valence-electron chi connectivity index (χ2n) is 6.29. The number of carbonyl (C=O) groups excluding carboxylic acids is 1. The van der Waals surface area contributed by atoms with Gasteiger partial charge in [-0.1, -0.05) is 28.9 Å². The number of carbonyl (C=O) groups is 1. The lowest BCUT2D eigenvalue weighted by molar-refractivity contribution is -0.135. The van der Waals surface area contributed by atoms with Gasteiger partial charge in [-0.2, -0.15) is 4.98 Å². The van der Waals surface area contributed by atoms with Gasteiger partial charge in [0.05, 0.1) is 19.5 Å². The van der Waals surface area contributed by atoms with Crippen LogP contribution in [0.3, 0.4) is 0 Å². The summed E-state index contributed by atoms with van der Waals surface area (Å²) in [5.74, 6) is 1.20. The monoisotopic (exact) mass is 363 g/mol. The van der Waals surface area contributed by atoms with Crippen LogP contribution < -0.4 is 5.73 Å². The van der Waals surface area contributed by atoms with Gasteiger partial charge >= 0.3 is 0 Å². The summed E-state index contributed by atoms with van der Waals surface area (Å²) in [7, 11) is 0. The molecule has 1 amide bonds. The minimum atomic E-state index is 0.124. The molecule has 0 aliphatic carbocycles. The van der Waals surface area contributed by atoms with Crippen molar-refractivity contribution in [1.29, 1.82) is 0 Å². The van der Waals surface area contributed by atoms with Crippen LogP contribution in [0.1, 0.15) is 24.2 Å². The molecule has 0 spiro atoms. The molecule has 1 unspecified atom stereocenters. The highest BCUT2D eigenvalue weighted by molar-refractivity contribution is 6.30. The Morgan fingerprint density at radius 2 is 2.28 bits per heavy atom. The quantitative estimate of drug-likeness (QED) is 0.865. The predicted octanol–water partition coefficient (Wildman–Crippen LogP) is 1.46. The summed E-state index contributed by atoms with van der Waals surface area (Å²) >= 11 is 5.99. The molecule has 7 nitrogen and oxygen atoms in total. The molecule has 1 aromatic carbocycles. The fourth-order valence-corrected chi connectivity index (χ4v) is 3.32. The normalized spacial score (nSPS) is 18.5. The first-order valence-electron chi connectivity index (χ1n) is 8.33. The summed E-state index contributed by atoms with van der Waals surface area (Å²) in [6.45, 7) is 5.14. The molecule has 0 radical (unpaired) electrons. The average Bonchev–Trinajstić information content (AvgIpc) is 3.02. The molecule has 1 fully saturated rings. The van der Waals surface area contributed by atoms with Crippen LogP contribution in [0.25, 0.3) is 0 Å². The first-order valence-corrected chi connectivity index (χ1v) is 8.70. The molecule has 2 aromatic rings. The van der Waals surface area contributed by atoms with Crippen molar-refractivity contribution in [3.8, 4) is 0 Å². The Balaban J connectivity index is 1.55. The molecule has 0 bridgehead atoms. The Morgan fingerprint density at radius 3 is 2.96 bits per heavy atom. The van der Waals surface area contributed by atoms with Gasteiger partial charge in [-0.15, -0.1) is 0 Å². The fraction of sp³-hybridized carbons (Fsp3) is 0.471. The van der Waals surface area contributed by atoms with Crippen LogP contribution in [0.5, 0.6) is 0 Å². The number of amides is 1. The second-order valence-corrected chi connectivity index (χ2v) is 6.72. The molecule has 2 N–H and O–H groups in total. The summed E-state index contributed by atoms with van der Waals surface area (Å²) in [6, 6.07) is 7.57. The third-order valence-corrected chi connectivity index (χ3v) is 4.56. The van der Waals surface area contributed by atoms with E-state index in [1.54, 1.807) is 0 Å². The largest absolute Gasteiger partial charge is 0.338 e. The van der Waals surface area contributed by atoms with Crippen LogP contribution in [-0.2, 0) is 24.3 Å². The van der Waals surface area contributed by atoms with Crippen LogP contribution in [0.4, 0.5) is 0 Å². The zero-order valence-electron chi connectivity index (χ0n) is 14.2. The zero-order valence-corrected chi connectivity index (χ0v) is 14.9. The number of benzene rings is 1. The summed E-state index contributed by atoms with van der Waals surface area (Å²) in [6.07, 6.45) is 0.371. The van der Waals surface area contributed by atoms with E-state index in [1.807, 2.05) is 29.2 Å². The maximum Gasteiger partial charge on any atom is 0.240 e. The molecule has 1 aliphatic heterocycles. The summed E-state index contributed by atoms with van der Waals surface area (Å²) in [4.78, 5) is 21.0. The van der Waals surface area contributed by atoms with Crippen LogP contribution in [-0.4, -0.2) is 51.5 Å². The summed E-state index contributed by atoms with van der Waals surface area (Å²) in [5, 5.41) is 4.58. The van der Waals surface area contributed by atoms with Crippen LogP contribution in [0, 0.1) is 0 Å². The lowest BCUT2D eigenvalue weighted by Crippen LogP contribution is -2.54. The number of hydrogen-bond acceptors (Lipinski definition) is 6. The van der Waals surface area contributed by atoms with Crippen molar-refractivity contribution in [2.75, 3.05) is 19.6 Å². The van der Waals surface area contributed by atoms with Crippen molar-refractivity contribution in [1.82, 2.24) is 19.9 Å². The second kappa shape index (κ2) is 7.95. The number of hydrogen-bond donors (Lipinski definition) is 1. The SMILES string of the molecule is CC1CN(Cc2noc(CN)n2)CCN1C(=O)Cc1cccc(Cl)c1. The number of aromatic nitrogens is 2. The highest BCUT2D eigenvalue weighted by Gasteiger charge is 2.28. The van der Waals surface area contributed by atoms with E-state index in [0.717, 1.165) is 18.7 Å². The van der Waals surface area contributed by atoms with E-state index >= 15 is 0 Å². The average molecular weight is 364 g/mol. The minimum absolute atomic E-state index is 0.124. The summed E-state index contributed by atoms with van der Waals surface area (Å²) < 4.78 is 5.03. The van der Waals surface area contributed by atoms with E-state index in [9.17, 15) is 4.79 Å². The van der Waals surface area contributed by atoms with Crippen molar-refractivity contribution in [3.63, 3.8) is 0 Å². The van der Waals surface area contributed by atoms with Crippen molar-refractivity contribution in [2.24, 2.45) is 5.73 Å². The minimum Gasteiger partial charge on any atom is -0.338 e. The molecule has 0 saturated carbocycles. The van der Waals surface area contributed by atoms with E-state index in [0.29, 0.717) is 36.2 Å². The van der Waals surface area contributed by atoms with Gasteiger partial charge in [0.1, 0.15) is 0 Å². The van der Waals surface area contributed by atoms with Gasteiger partial charge in [-0.05, 0) is 24.6 Å². The fourth-order valence-electron chi connectivity index (χ4n) is 3.11. The zero-order chi connectivity index (χ0) is 17.8. The van der Waals surface area contributed by atoms with E-state index in [4.69, 9.17) is 21.9 Å². The smallest absolute Gasteiger partial charge is 0.240 e. The lowest BCUT2D eigenvalue weighted by Gasteiger charge is -2.39. The topological polar surface area (TPSA) is 88.5 Å². The maximum atomic E-state index is 12.6. The Kier molecular flexibility index (Phi) is 5.67. The predicted molar refractivity (Wildman–Crippen MR) is 93.8 cm³/mol. The first kappa shape index (κ1) is 17.8. The van der Waals surface area contributed by atoms with Gasteiger partial charge in [0, 0.05) is 30.7 Å². The van der Waals surface area contributed by atoms with Crippen molar-refractivity contribution < 1.29 is 9.32 Å². The molecule has 8 heteroatoms. The molecule has 1 aliphatic rings. The molecular formula is C17H22ClN5O2. The van der Waals surface area contributed by atoms with Gasteiger partial charge in [0.25, 0.3) is 0 Å². The number of piperazine rings is 1. The van der Waals surface area contributed by atoms with Crippen molar-refractivity contribution >= 4 is 17.5 Å². The lowest BCUT2D eigenvalue weighted by atomic mass is 10.1. The number of nitrogens with two attached hydrogens (primary N) is 1. The van der Waals surface area contributed by atoms with Gasteiger partial charge < -0.3 is 15.2 Å². The molecule has 1 aromatic heterocycles. The van der Waals surface area contributed by atoms with Crippen LogP contribution in [0.15, 0.2) is 28.8 Å². The van der Waals surface area contributed by atoms with E-state index in [1.165, 1.54) is 0 Å². The van der Waals surface area contributed by atoms with E-state index in [-0.39, 0.29) is 18.5 Å². The number of rotatable bonds is 5. The number of nitrogens with zero attached hydrogens (tertiary/aromatic N) is 4. The molecule has 134 valence electrons. The molecule has 25 heavy (non-hydrogen) atoms. The Hall–Kier alpha value is -1.96. The Morgan fingerprint density at radius 1 is 1.44 bits per heavy atom. The highest BCUT2D eigenvalue weighted by atomic mass is 35.5. The molecule has 1 saturated heterocycles. The van der Waals surface area contributed by atoms with Gasteiger partial charge in [0.2, 0.25) is 11.8 Å². The first-order chi connectivity index (χ1) is 12.0. The molecular weight excluding hydrogens is 342 g/mol. The standard InChI is InChI=1S/C17H22ClN5O2/c1-12-10-22(11-15-20-16(9-19)25-21-15)5-6-23(12)17(24)8-13-3-2-4-14(18)7-13/h2-4,7,12H,5-6,8-11,19H2,1H3. The maximum absolute atomic E-state index is 12.6. The van der Waals surface area contributed by atoms with Gasteiger partial charge in [-0.25, -0.2) is 0 Å².